The van der Waals surface area contributed by atoms with E-state index >= 15 is 0 Å². The van der Waals surface area contributed by atoms with Gasteiger partial charge in [0.15, 0.2) is 0 Å². The minimum absolute atomic E-state index is 0.313. The maximum Gasteiger partial charge on any atom is 0.314 e. The standard InChI is InChI=1S/C17H18ClN3O2/c1-9-6-10(2)15(11(3)7-9)21-17(23)16(22)20-12-4-5-14(19)13(18)8-12/h4-8H,19H2,1-3H3,(H,20,22)(H,21,23). The van der Waals surface area contributed by atoms with Gasteiger partial charge in [0, 0.05) is 11.4 Å². The summed E-state index contributed by atoms with van der Waals surface area (Å²) in [5, 5.41) is 5.45. The summed E-state index contributed by atoms with van der Waals surface area (Å²) in [7, 11) is 0. The molecule has 23 heavy (non-hydrogen) atoms. The maximum atomic E-state index is 12.1. The van der Waals surface area contributed by atoms with E-state index in [1.807, 2.05) is 32.9 Å². The van der Waals surface area contributed by atoms with Crippen molar-refractivity contribution in [2.24, 2.45) is 0 Å². The van der Waals surface area contributed by atoms with Crippen LogP contribution in [-0.2, 0) is 9.59 Å². The molecule has 2 aromatic rings. The predicted molar refractivity (Wildman–Crippen MR) is 93.8 cm³/mol. The second kappa shape index (κ2) is 6.71. The Morgan fingerprint density at radius 2 is 1.52 bits per heavy atom. The van der Waals surface area contributed by atoms with Gasteiger partial charge in [0.05, 0.1) is 10.7 Å². The third kappa shape index (κ3) is 4.02. The van der Waals surface area contributed by atoms with Crippen LogP contribution in [0.4, 0.5) is 17.1 Å². The van der Waals surface area contributed by atoms with Crippen LogP contribution in [0.5, 0.6) is 0 Å². The normalized spacial score (nSPS) is 10.3. The third-order valence-corrected chi connectivity index (χ3v) is 3.71. The van der Waals surface area contributed by atoms with Gasteiger partial charge in [0.25, 0.3) is 0 Å². The molecule has 0 aromatic heterocycles. The number of benzene rings is 2. The van der Waals surface area contributed by atoms with Gasteiger partial charge in [-0.3, -0.25) is 9.59 Å². The van der Waals surface area contributed by atoms with Gasteiger partial charge in [-0.05, 0) is 50.1 Å². The average molecular weight is 332 g/mol. The number of carbonyl (C=O) groups is 2. The highest BCUT2D eigenvalue weighted by atomic mass is 35.5. The Bertz CT molecular complexity index is 764. The second-order valence-corrected chi connectivity index (χ2v) is 5.83. The predicted octanol–water partition coefficient (Wildman–Crippen LogP) is 3.42. The van der Waals surface area contributed by atoms with Crippen LogP contribution in [0.15, 0.2) is 30.3 Å². The Labute approximate surface area is 139 Å². The number of halogens is 1. The summed E-state index contributed by atoms with van der Waals surface area (Å²) < 4.78 is 0. The number of hydrogen-bond acceptors (Lipinski definition) is 3. The second-order valence-electron chi connectivity index (χ2n) is 5.42. The molecule has 0 fully saturated rings. The summed E-state index contributed by atoms with van der Waals surface area (Å²) in [5.41, 5.74) is 9.95. The van der Waals surface area contributed by atoms with Gasteiger partial charge in [-0.1, -0.05) is 29.3 Å². The molecule has 6 heteroatoms. The van der Waals surface area contributed by atoms with E-state index in [1.54, 1.807) is 12.1 Å². The molecule has 2 aromatic carbocycles. The number of nitrogen functional groups attached to an aromatic ring is 1. The van der Waals surface area contributed by atoms with E-state index in [0.717, 1.165) is 16.7 Å². The zero-order valence-electron chi connectivity index (χ0n) is 13.2. The molecular formula is C17H18ClN3O2. The van der Waals surface area contributed by atoms with Gasteiger partial charge in [-0.15, -0.1) is 0 Å². The molecule has 2 amide bonds. The SMILES string of the molecule is Cc1cc(C)c(NC(=O)C(=O)Nc2ccc(N)c(Cl)c2)c(C)c1. The van der Waals surface area contributed by atoms with Crippen LogP contribution in [0.3, 0.4) is 0 Å². The van der Waals surface area contributed by atoms with E-state index in [9.17, 15) is 9.59 Å². The Morgan fingerprint density at radius 1 is 0.957 bits per heavy atom. The Hall–Kier alpha value is -2.53. The van der Waals surface area contributed by atoms with Gasteiger partial charge in [-0.25, -0.2) is 0 Å². The van der Waals surface area contributed by atoms with Crippen molar-refractivity contribution >= 4 is 40.5 Å². The van der Waals surface area contributed by atoms with Crippen molar-refractivity contribution in [3.8, 4) is 0 Å². The first kappa shape index (κ1) is 16.8. The molecule has 0 atom stereocenters. The van der Waals surface area contributed by atoms with Crippen molar-refractivity contribution in [2.75, 3.05) is 16.4 Å². The molecule has 5 nitrogen and oxygen atoms in total. The number of carbonyl (C=O) groups excluding carboxylic acids is 2. The summed E-state index contributed by atoms with van der Waals surface area (Å²) in [6.45, 7) is 5.74. The van der Waals surface area contributed by atoms with E-state index in [0.29, 0.717) is 22.1 Å². The van der Waals surface area contributed by atoms with Gasteiger partial charge in [0.1, 0.15) is 0 Å². The number of rotatable bonds is 2. The summed E-state index contributed by atoms with van der Waals surface area (Å²) in [5.74, 6) is -1.52. The average Bonchev–Trinajstić information content (AvgIpc) is 2.46. The fourth-order valence-electron chi connectivity index (χ4n) is 2.34. The van der Waals surface area contributed by atoms with Crippen LogP contribution in [0, 0.1) is 20.8 Å². The van der Waals surface area contributed by atoms with Crippen molar-refractivity contribution in [1.29, 1.82) is 0 Å². The first-order valence-corrected chi connectivity index (χ1v) is 7.41. The van der Waals surface area contributed by atoms with Crippen molar-refractivity contribution < 1.29 is 9.59 Å². The maximum absolute atomic E-state index is 12.1. The molecule has 0 saturated carbocycles. The lowest BCUT2D eigenvalue weighted by molar-refractivity contribution is -0.133. The van der Waals surface area contributed by atoms with Crippen LogP contribution in [0.25, 0.3) is 0 Å². The van der Waals surface area contributed by atoms with Crippen molar-refractivity contribution in [3.05, 3.63) is 52.0 Å². The van der Waals surface area contributed by atoms with E-state index in [2.05, 4.69) is 10.6 Å². The van der Waals surface area contributed by atoms with Crippen LogP contribution in [0.1, 0.15) is 16.7 Å². The molecule has 0 aliphatic rings. The zero-order valence-corrected chi connectivity index (χ0v) is 13.9. The van der Waals surface area contributed by atoms with Gasteiger partial charge in [-0.2, -0.15) is 0 Å². The highest BCUT2D eigenvalue weighted by molar-refractivity contribution is 6.44. The molecule has 0 radical (unpaired) electrons. The lowest BCUT2D eigenvalue weighted by Gasteiger charge is -2.13. The van der Waals surface area contributed by atoms with Gasteiger partial charge < -0.3 is 16.4 Å². The topological polar surface area (TPSA) is 84.2 Å². The number of nitrogens with two attached hydrogens (primary N) is 1. The van der Waals surface area contributed by atoms with Crippen molar-refractivity contribution in [2.45, 2.75) is 20.8 Å². The molecule has 0 heterocycles. The van der Waals surface area contributed by atoms with E-state index in [-0.39, 0.29) is 0 Å². The fourth-order valence-corrected chi connectivity index (χ4v) is 2.52. The van der Waals surface area contributed by atoms with E-state index in [1.165, 1.54) is 6.07 Å². The van der Waals surface area contributed by atoms with Crippen LogP contribution in [-0.4, -0.2) is 11.8 Å². The number of hydrogen-bond donors (Lipinski definition) is 3. The Morgan fingerprint density at radius 3 is 2.09 bits per heavy atom. The van der Waals surface area contributed by atoms with Crippen LogP contribution in [0.2, 0.25) is 5.02 Å². The highest BCUT2D eigenvalue weighted by Gasteiger charge is 2.16. The molecule has 0 bridgehead atoms. The highest BCUT2D eigenvalue weighted by Crippen LogP contribution is 2.23. The summed E-state index contributed by atoms with van der Waals surface area (Å²) in [6, 6.07) is 8.52. The Kier molecular flexibility index (Phi) is 4.91. The summed E-state index contributed by atoms with van der Waals surface area (Å²) in [4.78, 5) is 24.1. The van der Waals surface area contributed by atoms with E-state index in [4.69, 9.17) is 17.3 Å². The molecule has 0 spiro atoms. The molecule has 2 rings (SSSR count). The number of amides is 2. The minimum Gasteiger partial charge on any atom is -0.398 e. The minimum atomic E-state index is -0.773. The molecule has 0 unspecified atom stereocenters. The van der Waals surface area contributed by atoms with Crippen molar-refractivity contribution in [3.63, 3.8) is 0 Å². The largest absolute Gasteiger partial charge is 0.398 e. The molecular weight excluding hydrogens is 314 g/mol. The van der Waals surface area contributed by atoms with Crippen LogP contribution >= 0.6 is 11.6 Å². The van der Waals surface area contributed by atoms with Gasteiger partial charge >= 0.3 is 11.8 Å². The smallest absolute Gasteiger partial charge is 0.314 e. The van der Waals surface area contributed by atoms with Crippen LogP contribution < -0.4 is 16.4 Å². The first-order chi connectivity index (χ1) is 10.8. The molecule has 4 N–H and O–H groups in total. The molecule has 0 aliphatic heterocycles. The fraction of sp³-hybridized carbons (Fsp3) is 0.176. The van der Waals surface area contributed by atoms with E-state index < -0.39 is 11.8 Å². The molecule has 0 saturated heterocycles. The zero-order chi connectivity index (χ0) is 17.1. The first-order valence-electron chi connectivity index (χ1n) is 7.03. The number of aryl methyl sites for hydroxylation is 3. The summed E-state index contributed by atoms with van der Waals surface area (Å²) in [6.07, 6.45) is 0. The lowest BCUT2D eigenvalue weighted by atomic mass is 10.1. The quantitative estimate of drug-likeness (QED) is 0.582. The van der Waals surface area contributed by atoms with Crippen molar-refractivity contribution in [1.82, 2.24) is 0 Å². The number of anilines is 3. The number of nitrogens with one attached hydrogen (secondary N) is 2. The Balaban J connectivity index is 2.11. The third-order valence-electron chi connectivity index (χ3n) is 3.38. The lowest BCUT2D eigenvalue weighted by Crippen LogP contribution is -2.29. The molecule has 120 valence electrons. The van der Waals surface area contributed by atoms with Gasteiger partial charge in [0.2, 0.25) is 0 Å². The monoisotopic (exact) mass is 331 g/mol. The summed E-state index contributed by atoms with van der Waals surface area (Å²) >= 11 is 5.89. The molecule has 0 aliphatic carbocycles.